The Bertz CT molecular complexity index is 646. The number of methoxy groups -OCH3 is 1. The van der Waals surface area contributed by atoms with E-state index in [0.717, 1.165) is 11.3 Å². The number of ether oxygens (including phenoxy) is 1. The number of nitrogens with one attached hydrogen (secondary N) is 2. The Hall–Kier alpha value is -1.80. The van der Waals surface area contributed by atoms with Gasteiger partial charge in [0, 0.05) is 38.8 Å². The lowest BCUT2D eigenvalue weighted by atomic mass is 10.2. The minimum absolute atomic E-state index is 0.258. The second-order valence-corrected chi connectivity index (χ2v) is 7.32. The van der Waals surface area contributed by atoms with Gasteiger partial charge in [-0.25, -0.2) is 12.7 Å². The zero-order valence-corrected chi connectivity index (χ0v) is 14.4. The number of rotatable bonds is 6. The lowest BCUT2D eigenvalue weighted by molar-refractivity contribution is 0.409. The molecule has 0 amide bonds. The number of hydrogen-bond donors (Lipinski definition) is 2. The Morgan fingerprint density at radius 2 is 2.13 bits per heavy atom. The van der Waals surface area contributed by atoms with Gasteiger partial charge in [0.25, 0.3) is 0 Å². The normalized spacial score (nSPS) is 17.9. The van der Waals surface area contributed by atoms with Gasteiger partial charge in [0.15, 0.2) is 5.96 Å². The number of guanidine groups is 1. The number of hydrogen-bond acceptors (Lipinski definition) is 4. The highest BCUT2D eigenvalue weighted by molar-refractivity contribution is 7.89. The molecule has 2 rings (SSSR count). The van der Waals surface area contributed by atoms with Crippen LogP contribution in [-0.2, 0) is 16.6 Å². The van der Waals surface area contributed by atoms with Crippen molar-refractivity contribution in [1.29, 1.82) is 0 Å². The summed E-state index contributed by atoms with van der Waals surface area (Å²) in [5, 5.41) is 6.33. The SMILES string of the molecule is CN=C(NCCN1CCCS1(=O)=O)NCc1ccccc1OC. The molecule has 0 aliphatic carbocycles. The van der Waals surface area contributed by atoms with Crippen LogP contribution < -0.4 is 15.4 Å². The Labute approximate surface area is 137 Å². The minimum atomic E-state index is -3.04. The first-order valence-corrected chi connectivity index (χ1v) is 9.22. The van der Waals surface area contributed by atoms with Gasteiger partial charge in [-0.1, -0.05) is 18.2 Å². The first kappa shape index (κ1) is 17.6. The van der Waals surface area contributed by atoms with Crippen LogP contribution in [0.1, 0.15) is 12.0 Å². The highest BCUT2D eigenvalue weighted by Gasteiger charge is 2.27. The van der Waals surface area contributed by atoms with Crippen molar-refractivity contribution in [2.24, 2.45) is 4.99 Å². The van der Waals surface area contributed by atoms with Gasteiger partial charge in [-0.2, -0.15) is 0 Å². The molecule has 128 valence electrons. The number of para-hydroxylation sites is 1. The highest BCUT2D eigenvalue weighted by atomic mass is 32.2. The molecule has 0 unspecified atom stereocenters. The van der Waals surface area contributed by atoms with E-state index in [1.807, 2.05) is 24.3 Å². The summed E-state index contributed by atoms with van der Waals surface area (Å²) in [5.74, 6) is 1.71. The third kappa shape index (κ3) is 4.84. The van der Waals surface area contributed by atoms with Crippen molar-refractivity contribution >= 4 is 16.0 Å². The van der Waals surface area contributed by atoms with E-state index in [0.29, 0.717) is 38.6 Å². The summed E-state index contributed by atoms with van der Waals surface area (Å²) in [7, 11) is 0.286. The molecule has 0 bridgehead atoms. The minimum Gasteiger partial charge on any atom is -0.496 e. The molecule has 2 N–H and O–H groups in total. The van der Waals surface area contributed by atoms with Crippen LogP contribution in [0.2, 0.25) is 0 Å². The van der Waals surface area contributed by atoms with E-state index in [4.69, 9.17) is 4.74 Å². The third-order valence-corrected chi connectivity index (χ3v) is 5.68. The van der Waals surface area contributed by atoms with E-state index >= 15 is 0 Å². The lowest BCUT2D eigenvalue weighted by Gasteiger charge is -2.17. The third-order valence-electron chi connectivity index (χ3n) is 3.72. The van der Waals surface area contributed by atoms with E-state index in [2.05, 4.69) is 15.6 Å². The van der Waals surface area contributed by atoms with Crippen LogP contribution in [0, 0.1) is 0 Å². The standard InChI is InChI=1S/C15H24N4O3S/c1-16-15(17-8-10-19-9-5-11-23(19,20)21)18-12-13-6-3-4-7-14(13)22-2/h3-4,6-7H,5,8-12H2,1-2H3,(H2,16,17,18). The van der Waals surface area contributed by atoms with Gasteiger partial charge < -0.3 is 15.4 Å². The molecular formula is C15H24N4O3S. The highest BCUT2D eigenvalue weighted by Crippen LogP contribution is 2.16. The van der Waals surface area contributed by atoms with Gasteiger partial charge in [0.2, 0.25) is 10.0 Å². The van der Waals surface area contributed by atoms with Gasteiger partial charge >= 0.3 is 0 Å². The molecule has 8 heteroatoms. The maximum Gasteiger partial charge on any atom is 0.214 e. The van der Waals surface area contributed by atoms with Crippen molar-refractivity contribution < 1.29 is 13.2 Å². The van der Waals surface area contributed by atoms with E-state index in [-0.39, 0.29) is 5.75 Å². The average molecular weight is 340 g/mol. The molecule has 23 heavy (non-hydrogen) atoms. The van der Waals surface area contributed by atoms with Crippen LogP contribution in [0.15, 0.2) is 29.3 Å². The number of benzene rings is 1. The molecular weight excluding hydrogens is 316 g/mol. The maximum absolute atomic E-state index is 11.7. The number of nitrogens with zero attached hydrogens (tertiary/aromatic N) is 2. The number of sulfonamides is 1. The molecule has 0 atom stereocenters. The summed E-state index contributed by atoms with van der Waals surface area (Å²) in [4.78, 5) is 4.14. The Balaban J connectivity index is 1.80. The van der Waals surface area contributed by atoms with Crippen LogP contribution in [0.3, 0.4) is 0 Å². The molecule has 1 fully saturated rings. The molecule has 7 nitrogen and oxygen atoms in total. The Morgan fingerprint density at radius 3 is 2.78 bits per heavy atom. The largest absolute Gasteiger partial charge is 0.496 e. The van der Waals surface area contributed by atoms with Gasteiger partial charge in [-0.05, 0) is 12.5 Å². The zero-order valence-electron chi connectivity index (χ0n) is 13.6. The van der Waals surface area contributed by atoms with Crippen molar-refractivity contribution in [2.75, 3.05) is 39.5 Å². The fourth-order valence-electron chi connectivity index (χ4n) is 2.49. The van der Waals surface area contributed by atoms with Crippen LogP contribution in [-0.4, -0.2) is 58.2 Å². The van der Waals surface area contributed by atoms with Crippen molar-refractivity contribution in [3.05, 3.63) is 29.8 Å². The van der Waals surface area contributed by atoms with Gasteiger partial charge in [0.05, 0.1) is 12.9 Å². The lowest BCUT2D eigenvalue weighted by Crippen LogP contribution is -2.41. The average Bonchev–Trinajstić information content (AvgIpc) is 2.89. The fraction of sp³-hybridized carbons (Fsp3) is 0.533. The van der Waals surface area contributed by atoms with E-state index in [1.165, 1.54) is 4.31 Å². The van der Waals surface area contributed by atoms with Gasteiger partial charge in [-0.3, -0.25) is 4.99 Å². The van der Waals surface area contributed by atoms with Crippen molar-refractivity contribution in [1.82, 2.24) is 14.9 Å². The Morgan fingerprint density at radius 1 is 1.35 bits per heavy atom. The van der Waals surface area contributed by atoms with Crippen LogP contribution in [0.4, 0.5) is 0 Å². The molecule has 1 heterocycles. The van der Waals surface area contributed by atoms with Crippen LogP contribution >= 0.6 is 0 Å². The van der Waals surface area contributed by atoms with E-state index < -0.39 is 10.0 Å². The quantitative estimate of drug-likeness (QED) is 0.578. The smallest absolute Gasteiger partial charge is 0.214 e. The van der Waals surface area contributed by atoms with Crippen LogP contribution in [0.5, 0.6) is 5.75 Å². The summed E-state index contributed by atoms with van der Waals surface area (Å²) >= 11 is 0. The monoisotopic (exact) mass is 340 g/mol. The summed E-state index contributed by atoms with van der Waals surface area (Å²) in [6.07, 6.45) is 0.711. The maximum atomic E-state index is 11.7. The summed E-state index contributed by atoms with van der Waals surface area (Å²) in [6.45, 7) is 2.16. The zero-order chi connectivity index (χ0) is 16.7. The first-order valence-electron chi connectivity index (χ1n) is 7.61. The molecule has 0 aromatic heterocycles. The van der Waals surface area contributed by atoms with Crippen molar-refractivity contribution in [3.63, 3.8) is 0 Å². The summed E-state index contributed by atoms with van der Waals surface area (Å²) in [5.41, 5.74) is 1.03. The van der Waals surface area contributed by atoms with Gasteiger partial charge in [0.1, 0.15) is 5.75 Å². The second kappa shape index (κ2) is 8.16. The molecule has 1 aliphatic rings. The molecule has 0 spiro atoms. The van der Waals surface area contributed by atoms with Crippen molar-refractivity contribution in [2.45, 2.75) is 13.0 Å². The van der Waals surface area contributed by atoms with E-state index in [1.54, 1.807) is 14.2 Å². The summed E-state index contributed by atoms with van der Waals surface area (Å²) < 4.78 is 30.3. The fourth-order valence-corrected chi connectivity index (χ4v) is 4.02. The predicted molar refractivity (Wildman–Crippen MR) is 91.2 cm³/mol. The molecule has 1 saturated heterocycles. The Kier molecular flexibility index (Phi) is 6.23. The topological polar surface area (TPSA) is 83.0 Å². The van der Waals surface area contributed by atoms with Crippen LogP contribution in [0.25, 0.3) is 0 Å². The first-order chi connectivity index (χ1) is 11.1. The summed E-state index contributed by atoms with van der Waals surface area (Å²) in [6, 6.07) is 7.77. The molecule has 1 aliphatic heterocycles. The second-order valence-electron chi connectivity index (χ2n) is 5.23. The number of aliphatic imine (C=N–C) groups is 1. The molecule has 0 radical (unpaired) electrons. The molecule has 1 aromatic rings. The van der Waals surface area contributed by atoms with Gasteiger partial charge in [-0.15, -0.1) is 0 Å². The van der Waals surface area contributed by atoms with Crippen molar-refractivity contribution in [3.8, 4) is 5.75 Å². The molecule has 0 saturated carbocycles. The predicted octanol–water partition coefficient (Wildman–Crippen LogP) is 0.396. The molecule has 1 aromatic carbocycles. The van der Waals surface area contributed by atoms with E-state index in [9.17, 15) is 8.42 Å².